The first-order valence-electron chi connectivity index (χ1n) is 46.1. The lowest BCUT2D eigenvalue weighted by molar-refractivity contribution is -0.661. The fraction of sp³-hybridized carbons (Fsp3) is 0.382. The molecule has 0 bridgehead atoms. The van der Waals surface area contributed by atoms with E-state index in [0.29, 0.717) is 50.1 Å². The second kappa shape index (κ2) is 32.8. The quantitative estimate of drug-likeness (QED) is 0.122. The van der Waals surface area contributed by atoms with Crippen molar-refractivity contribution in [3.05, 3.63) is 265 Å². The van der Waals surface area contributed by atoms with E-state index in [2.05, 4.69) is 0 Å². The van der Waals surface area contributed by atoms with Crippen molar-refractivity contribution in [1.29, 1.82) is 0 Å². The highest BCUT2D eigenvalue weighted by atomic mass is 14.9. The van der Waals surface area contributed by atoms with Crippen LogP contribution in [0.15, 0.2) is 171 Å². The third-order valence-electron chi connectivity index (χ3n) is 15.5. The van der Waals surface area contributed by atoms with Gasteiger partial charge in [0.1, 0.15) is 35.2 Å². The first-order valence-corrected chi connectivity index (χ1v) is 31.6. The molecule has 0 aliphatic heterocycles. The van der Waals surface area contributed by atoms with Crippen LogP contribution >= 0.6 is 0 Å². The Balaban J connectivity index is 0.000000238. The molecule has 5 heteroatoms. The zero-order chi connectivity index (χ0) is 94.4. The Kier molecular flexibility index (Phi) is 15.0. The van der Waals surface area contributed by atoms with Crippen molar-refractivity contribution in [2.24, 2.45) is 52.0 Å². The van der Waals surface area contributed by atoms with E-state index < -0.39 is 84.3 Å². The molecule has 0 radical (unpaired) electrons. The fourth-order valence-corrected chi connectivity index (χ4v) is 11.0. The topological polar surface area (TPSA) is 19.4 Å². The van der Waals surface area contributed by atoms with Crippen molar-refractivity contribution in [3.63, 3.8) is 0 Å². The smallest absolute Gasteiger partial charge is 0.201 e. The standard InChI is InChI=1S/2C19H26N.C18H24N.C17H22N.C16H20N/c1-14-7-9-17(15(2)11-14)18-10-8-16(13-20(18)6)12-19(3,4)5;1-14-7-8-17(15(2)11-14)18-12-16(9-10-20(18)6)13-19(3,4)5;1-13(2)10-16-7-9-18(19(5)12-16)17-8-6-14(3)11-15(17)4;1-6-15-9-14(4)16(10-13(15)3)17-8-7-12(2)11-18(17)5;1-11-6-7-16(17(5)10-11)15-9-13(3)12(2)8-14(15)4/h7-11,13H,12H2,1-6H3;7-12H,13H2,1-6H3;6-9,11-13H,10H2,1-5H3;7-11H,6H2,1-5H3;6-10H,1-5H3/q5*+1/i1D3,12D2;1D3,13D2;3D3,10D2;1D3,2D3,6D2;1D3,2D3. The average molecular weight is 1290 g/mol. The predicted molar refractivity (Wildman–Crippen MR) is 401 cm³/mol. The SMILES string of the molecule is [2H]C([2H])([2H])c1ccc(-c2cc(C([2H])([2H])C(C)(C)C)cc[n+]2C)c(C)c1.[2H]C([2H])([2H])c1ccc(-c2cc(C)c(C([2H])([2H])C([2H])([2H])[2H])cc2C)[n+](C)c1.[2H]C([2H])([2H])c1ccc(-c2cc(C)c(C([2H])([2H])[2H])cc2C)[n+](C)c1.[2H]C([2H])([2H])c1ccc(-c2ccc(C([2H])([2H])C(C)(C)C)c[n+]2C)c(C)c1.[2H]C([2H])([2H])c1ccc(-c2ccc(C([2H])([2H])C(C)C)c[n+]2C)c(C)c1. The van der Waals surface area contributed by atoms with E-state index in [1.165, 1.54) is 0 Å². The van der Waals surface area contributed by atoms with Crippen LogP contribution in [0.1, 0.15) is 197 Å². The van der Waals surface area contributed by atoms with Gasteiger partial charge in [0, 0.05) is 126 Å². The molecule has 0 unspecified atom stereocenters. The van der Waals surface area contributed by atoms with Crippen molar-refractivity contribution < 1.29 is 62.6 Å². The van der Waals surface area contributed by atoms with Gasteiger partial charge in [-0.05, 0) is 242 Å². The second-order valence-corrected chi connectivity index (χ2v) is 26.8. The van der Waals surface area contributed by atoms with Crippen LogP contribution in [0.25, 0.3) is 56.3 Å². The number of nitrogens with zero attached hydrogens (tertiary/aromatic N) is 5. The van der Waals surface area contributed by atoms with Crippen LogP contribution in [0.2, 0.25) is 0 Å². The summed E-state index contributed by atoms with van der Waals surface area (Å²) >= 11 is 0. The fourth-order valence-electron chi connectivity index (χ4n) is 11.0. The molecule has 0 aliphatic rings. The van der Waals surface area contributed by atoms with Crippen LogP contribution in [0.5, 0.6) is 0 Å². The Morgan fingerprint density at radius 1 is 0.340 bits per heavy atom. The zero-order valence-corrected chi connectivity index (χ0v) is 59.0. The second-order valence-electron chi connectivity index (χ2n) is 26.8. The Labute approximate surface area is 611 Å². The molecule has 0 spiro atoms. The summed E-state index contributed by atoms with van der Waals surface area (Å²) in [5.74, 6) is -0.122. The molecule has 0 saturated carbocycles. The van der Waals surface area contributed by atoms with Gasteiger partial charge in [0.15, 0.2) is 31.0 Å². The molecule has 0 fully saturated rings. The third-order valence-corrected chi connectivity index (χ3v) is 15.5. The van der Waals surface area contributed by atoms with E-state index in [1.807, 2.05) is 191 Å². The lowest BCUT2D eigenvalue weighted by Crippen LogP contribution is -2.32. The third kappa shape index (κ3) is 21.4. The molecule has 5 aromatic heterocycles. The van der Waals surface area contributed by atoms with Crippen molar-refractivity contribution >= 4 is 0 Å². The summed E-state index contributed by atoms with van der Waals surface area (Å²) in [4.78, 5) is 0. The maximum atomic E-state index is 8.50. The molecule has 494 valence electrons. The zero-order valence-electron chi connectivity index (χ0n) is 88.0. The number of hydrogen-bond acceptors (Lipinski definition) is 0. The lowest BCUT2D eigenvalue weighted by Gasteiger charge is -2.18. The van der Waals surface area contributed by atoms with Gasteiger partial charge in [0.25, 0.3) is 0 Å². The summed E-state index contributed by atoms with van der Waals surface area (Å²) in [5, 5.41) is 0. The van der Waals surface area contributed by atoms with Gasteiger partial charge in [-0.3, -0.25) is 0 Å². The van der Waals surface area contributed by atoms with E-state index in [1.54, 1.807) is 141 Å². The number of rotatable bonds is 10. The van der Waals surface area contributed by atoms with Gasteiger partial charge in [-0.25, -0.2) is 22.8 Å². The van der Waals surface area contributed by atoms with Crippen LogP contribution in [0, 0.1) is 106 Å². The molecule has 0 aliphatic carbocycles. The molecule has 94 heavy (non-hydrogen) atoms. The molecule has 0 amide bonds. The van der Waals surface area contributed by atoms with Crippen molar-refractivity contribution in [2.75, 3.05) is 0 Å². The Bertz CT molecular complexity index is 5450. The van der Waals surface area contributed by atoms with Gasteiger partial charge in [-0.1, -0.05) is 127 Å². The van der Waals surface area contributed by atoms with Gasteiger partial charge in [0.2, 0.25) is 28.5 Å². The number of aromatic nitrogens is 5. The van der Waals surface area contributed by atoms with Crippen LogP contribution in [-0.2, 0) is 60.7 Å². The van der Waals surface area contributed by atoms with Crippen molar-refractivity contribution in [1.82, 2.24) is 0 Å². The first kappa shape index (κ1) is 43.0. The Morgan fingerprint density at radius 2 is 0.734 bits per heavy atom. The summed E-state index contributed by atoms with van der Waals surface area (Å²) < 4.78 is 233. The van der Waals surface area contributed by atoms with Gasteiger partial charge >= 0.3 is 0 Å². The van der Waals surface area contributed by atoms with Gasteiger partial charge < -0.3 is 0 Å². The summed E-state index contributed by atoms with van der Waals surface area (Å²) in [6.45, 7) is 12.2. The van der Waals surface area contributed by atoms with E-state index in [4.69, 9.17) is 39.8 Å². The molecule has 5 aromatic carbocycles. The molecule has 5 nitrogen and oxygen atoms in total. The number of aryl methyl sites for hydroxylation is 19. The van der Waals surface area contributed by atoms with Gasteiger partial charge in [0.05, 0.1) is 0 Å². The van der Waals surface area contributed by atoms with Gasteiger partial charge in [-0.2, -0.15) is 0 Å². The van der Waals surface area contributed by atoms with Crippen LogP contribution in [0.4, 0.5) is 0 Å². The minimum Gasteiger partial charge on any atom is -0.201 e. The highest BCUT2D eigenvalue weighted by Crippen LogP contribution is 2.30. The maximum Gasteiger partial charge on any atom is 0.212 e. The number of hydrogen-bond donors (Lipinski definition) is 0. The molecular formula is C89H118N5+5. The molecule has 0 saturated heterocycles. The van der Waals surface area contributed by atoms with Gasteiger partial charge in [-0.15, -0.1) is 0 Å². The Hall–Kier alpha value is -8.15. The Morgan fingerprint density at radius 3 is 1.16 bits per heavy atom. The van der Waals surface area contributed by atoms with Crippen molar-refractivity contribution in [2.45, 2.75) is 177 Å². The largest absolute Gasteiger partial charge is 0.212 e. The van der Waals surface area contributed by atoms with E-state index >= 15 is 0 Å². The minimum atomic E-state index is -2.77. The maximum absolute atomic E-state index is 8.50. The summed E-state index contributed by atoms with van der Waals surface area (Å²) in [7, 11) is 9.20. The molecule has 5 heterocycles. The number of benzene rings is 5. The molecule has 10 rings (SSSR count). The van der Waals surface area contributed by atoms with Crippen LogP contribution in [0.3, 0.4) is 0 Å². The van der Waals surface area contributed by atoms with Crippen LogP contribution < -0.4 is 22.8 Å². The van der Waals surface area contributed by atoms with E-state index in [9.17, 15) is 0 Å². The predicted octanol–water partition coefficient (Wildman–Crippen LogP) is 19.8. The highest BCUT2D eigenvalue weighted by Gasteiger charge is 2.21. The molecule has 10 aromatic rings. The average Bonchev–Trinajstić information content (AvgIpc) is 0.833. The molecular weight excluding hydrogens is 1140 g/mol. The van der Waals surface area contributed by atoms with E-state index in [0.717, 1.165) is 84.1 Å². The van der Waals surface area contributed by atoms with E-state index in [-0.39, 0.29) is 22.6 Å². The molecule has 0 atom stereocenters. The van der Waals surface area contributed by atoms with Crippen LogP contribution in [-0.4, -0.2) is 0 Å². The first-order chi connectivity index (χ1) is 55.5. The van der Waals surface area contributed by atoms with Crippen molar-refractivity contribution in [3.8, 4) is 56.3 Å². The summed E-state index contributed by atoms with van der Waals surface area (Å²) in [5.41, 5.74) is 17.0. The normalized spacial score (nSPS) is 17.3. The molecule has 0 N–H and O–H groups in total. The minimum absolute atomic E-state index is 0.122. The highest BCUT2D eigenvalue weighted by molar-refractivity contribution is 5.66. The number of pyridine rings is 5. The summed E-state index contributed by atoms with van der Waals surface area (Å²) in [6, 6.07) is 40.0. The monoisotopic (exact) mass is 1290 g/mol. The lowest BCUT2D eigenvalue weighted by atomic mass is 9.88. The summed E-state index contributed by atoms with van der Waals surface area (Å²) in [6.07, 6.45) is 1.84.